The molecule has 0 radical (unpaired) electrons. The third-order valence-electron chi connectivity index (χ3n) is 3.41. The molecule has 0 saturated heterocycles. The second-order valence-electron chi connectivity index (χ2n) is 5.72. The molecule has 0 aliphatic rings. The molecule has 0 saturated carbocycles. The lowest BCUT2D eigenvalue weighted by atomic mass is 10.1. The Morgan fingerprint density at radius 3 is 2.43 bits per heavy atom. The van der Waals surface area contributed by atoms with E-state index in [-0.39, 0.29) is 31.0 Å². The van der Waals surface area contributed by atoms with Gasteiger partial charge in [-0.1, -0.05) is 29.8 Å². The number of amides is 2. The van der Waals surface area contributed by atoms with Crippen LogP contribution in [0.2, 0.25) is 5.02 Å². The zero-order valence-electron chi connectivity index (χ0n) is 15.0. The molecule has 152 valence electrons. The van der Waals surface area contributed by atoms with Gasteiger partial charge in [0.05, 0.1) is 12.6 Å². The predicted molar refractivity (Wildman–Crippen MR) is 105 cm³/mol. The summed E-state index contributed by atoms with van der Waals surface area (Å²) in [6.45, 7) is -0.253. The number of carbonyl (C=O) groups excluding carboxylic acids is 2. The molecule has 28 heavy (non-hydrogen) atoms. The van der Waals surface area contributed by atoms with Crippen molar-refractivity contribution in [3.63, 3.8) is 0 Å². The highest BCUT2D eigenvalue weighted by Gasteiger charge is 2.16. The number of aliphatic imine (C=N–C) groups is 1. The van der Waals surface area contributed by atoms with E-state index in [0.29, 0.717) is 5.02 Å². The average molecular weight is 411 g/mol. The van der Waals surface area contributed by atoms with Crippen LogP contribution in [-0.2, 0) is 20.8 Å². The minimum Gasteiger partial charge on any atom is -0.477 e. The summed E-state index contributed by atoms with van der Waals surface area (Å²) in [6.07, 6.45) is 1.73. The van der Waals surface area contributed by atoms with Crippen molar-refractivity contribution in [2.24, 2.45) is 22.2 Å². The SMILES string of the molecule is NC(N)=NCC/C=C(\NC(=O)CNC(=O)C(N)Cc1ccc(Cl)cc1)C(=O)O. The summed E-state index contributed by atoms with van der Waals surface area (Å²) in [7, 11) is 0. The molecule has 10 nitrogen and oxygen atoms in total. The molecule has 1 atom stereocenters. The predicted octanol–water partition coefficient (Wildman–Crippen LogP) is -0.926. The standard InChI is InChI=1S/C17H23ClN6O4/c18-11-5-3-10(4-6-11)8-12(19)15(26)23-9-14(25)24-13(16(27)28)2-1-7-22-17(20)21/h2-6,12H,1,7-9,19H2,(H,23,26)(H,24,25)(H,27,28)(H4,20,21,22)/b13-2-. The van der Waals surface area contributed by atoms with Crippen LogP contribution in [-0.4, -0.2) is 48.0 Å². The first-order chi connectivity index (χ1) is 13.2. The number of carboxylic acid groups (broad SMARTS) is 1. The number of guanidine groups is 1. The van der Waals surface area contributed by atoms with Crippen LogP contribution in [0.3, 0.4) is 0 Å². The summed E-state index contributed by atoms with van der Waals surface area (Å²) in [4.78, 5) is 38.7. The smallest absolute Gasteiger partial charge is 0.352 e. The Hall–Kier alpha value is -3.11. The number of aliphatic carboxylic acids is 1. The normalized spacial score (nSPS) is 12.0. The van der Waals surface area contributed by atoms with Crippen LogP contribution in [0.4, 0.5) is 0 Å². The Kier molecular flexibility index (Phi) is 9.48. The number of benzene rings is 1. The number of nitrogens with one attached hydrogen (secondary N) is 2. The monoisotopic (exact) mass is 410 g/mol. The van der Waals surface area contributed by atoms with Gasteiger partial charge in [0.15, 0.2) is 5.96 Å². The second-order valence-corrected chi connectivity index (χ2v) is 6.16. The van der Waals surface area contributed by atoms with Crippen LogP contribution < -0.4 is 27.8 Å². The van der Waals surface area contributed by atoms with E-state index in [1.54, 1.807) is 24.3 Å². The van der Waals surface area contributed by atoms with Gasteiger partial charge in [-0.25, -0.2) is 4.79 Å². The molecule has 9 N–H and O–H groups in total. The summed E-state index contributed by atoms with van der Waals surface area (Å²) in [5.74, 6) is -2.70. The first kappa shape index (κ1) is 22.9. The highest BCUT2D eigenvalue weighted by Crippen LogP contribution is 2.10. The van der Waals surface area contributed by atoms with Gasteiger partial charge in [-0.2, -0.15) is 0 Å². The molecule has 11 heteroatoms. The lowest BCUT2D eigenvalue weighted by Gasteiger charge is -2.12. The van der Waals surface area contributed by atoms with Crippen molar-refractivity contribution in [3.8, 4) is 0 Å². The fraction of sp³-hybridized carbons (Fsp3) is 0.294. The molecule has 0 aliphatic heterocycles. The van der Waals surface area contributed by atoms with E-state index < -0.39 is 30.4 Å². The zero-order valence-corrected chi connectivity index (χ0v) is 15.8. The third kappa shape index (κ3) is 9.01. The highest BCUT2D eigenvalue weighted by atomic mass is 35.5. The fourth-order valence-corrected chi connectivity index (χ4v) is 2.18. The van der Waals surface area contributed by atoms with E-state index in [2.05, 4.69) is 15.6 Å². The molecule has 1 unspecified atom stereocenters. The maximum absolute atomic E-state index is 12.0. The van der Waals surface area contributed by atoms with Crippen molar-refractivity contribution in [2.75, 3.05) is 13.1 Å². The van der Waals surface area contributed by atoms with Gasteiger partial charge in [-0.05, 0) is 30.5 Å². The Labute approximate surface area is 166 Å². The van der Waals surface area contributed by atoms with Crippen molar-refractivity contribution in [2.45, 2.75) is 18.9 Å². The van der Waals surface area contributed by atoms with E-state index in [9.17, 15) is 14.4 Å². The number of nitrogens with zero attached hydrogens (tertiary/aromatic N) is 1. The molecule has 1 rings (SSSR count). The maximum atomic E-state index is 12.0. The van der Waals surface area contributed by atoms with Gasteiger partial charge in [-0.15, -0.1) is 0 Å². The molecule has 2 amide bonds. The Balaban J connectivity index is 2.48. The number of hydrogen-bond acceptors (Lipinski definition) is 5. The Morgan fingerprint density at radius 2 is 1.86 bits per heavy atom. The quantitative estimate of drug-likeness (QED) is 0.124. The highest BCUT2D eigenvalue weighted by molar-refractivity contribution is 6.30. The third-order valence-corrected chi connectivity index (χ3v) is 3.66. The van der Waals surface area contributed by atoms with E-state index in [1.807, 2.05) is 0 Å². The van der Waals surface area contributed by atoms with Crippen LogP contribution in [0.1, 0.15) is 12.0 Å². The van der Waals surface area contributed by atoms with Gasteiger partial charge < -0.3 is 32.9 Å². The first-order valence-electron chi connectivity index (χ1n) is 8.25. The topological polar surface area (TPSA) is 186 Å². The van der Waals surface area contributed by atoms with Crippen molar-refractivity contribution < 1.29 is 19.5 Å². The molecule has 1 aromatic rings. The number of hydrogen-bond donors (Lipinski definition) is 6. The molecule has 0 heterocycles. The summed E-state index contributed by atoms with van der Waals surface area (Å²) in [5.41, 5.74) is 16.6. The molecule has 1 aromatic carbocycles. The van der Waals surface area contributed by atoms with Gasteiger partial charge in [0, 0.05) is 11.6 Å². The molecule has 0 bridgehead atoms. The fourth-order valence-electron chi connectivity index (χ4n) is 2.05. The van der Waals surface area contributed by atoms with Crippen LogP contribution in [0.5, 0.6) is 0 Å². The molecule has 0 fully saturated rings. The van der Waals surface area contributed by atoms with E-state index in [4.69, 9.17) is 33.9 Å². The van der Waals surface area contributed by atoms with Gasteiger partial charge in [0.2, 0.25) is 11.8 Å². The number of rotatable bonds is 10. The summed E-state index contributed by atoms with van der Waals surface area (Å²) >= 11 is 5.79. The van der Waals surface area contributed by atoms with Gasteiger partial charge >= 0.3 is 5.97 Å². The van der Waals surface area contributed by atoms with Gasteiger partial charge in [0.25, 0.3) is 0 Å². The lowest BCUT2D eigenvalue weighted by molar-refractivity contribution is -0.134. The molecular formula is C17H23ClN6O4. The number of carbonyl (C=O) groups is 3. The first-order valence-corrected chi connectivity index (χ1v) is 8.63. The van der Waals surface area contributed by atoms with E-state index in [0.717, 1.165) is 5.56 Å². The number of carboxylic acids is 1. The Morgan fingerprint density at radius 1 is 1.21 bits per heavy atom. The average Bonchev–Trinajstić information content (AvgIpc) is 2.63. The van der Waals surface area contributed by atoms with Gasteiger partial charge in [0.1, 0.15) is 5.70 Å². The number of nitrogens with two attached hydrogens (primary N) is 3. The van der Waals surface area contributed by atoms with Crippen LogP contribution in [0, 0.1) is 0 Å². The maximum Gasteiger partial charge on any atom is 0.352 e. The summed E-state index contributed by atoms with van der Waals surface area (Å²) in [6, 6.07) is 5.98. The summed E-state index contributed by atoms with van der Waals surface area (Å²) < 4.78 is 0. The van der Waals surface area contributed by atoms with Crippen LogP contribution in [0.25, 0.3) is 0 Å². The molecule has 0 aliphatic carbocycles. The second kappa shape index (κ2) is 11.6. The molecule has 0 aromatic heterocycles. The minimum absolute atomic E-state index is 0.119. The van der Waals surface area contributed by atoms with Crippen molar-refractivity contribution in [1.82, 2.24) is 10.6 Å². The minimum atomic E-state index is -1.33. The van der Waals surface area contributed by atoms with Crippen molar-refractivity contribution >= 4 is 35.3 Å². The van der Waals surface area contributed by atoms with Gasteiger partial charge in [-0.3, -0.25) is 14.6 Å². The van der Waals surface area contributed by atoms with Crippen molar-refractivity contribution in [1.29, 1.82) is 0 Å². The van der Waals surface area contributed by atoms with E-state index in [1.165, 1.54) is 6.08 Å². The molecular weight excluding hydrogens is 388 g/mol. The lowest BCUT2D eigenvalue weighted by Crippen LogP contribution is -2.46. The largest absolute Gasteiger partial charge is 0.477 e. The summed E-state index contributed by atoms with van der Waals surface area (Å²) in [5, 5.41) is 14.2. The van der Waals surface area contributed by atoms with E-state index >= 15 is 0 Å². The zero-order chi connectivity index (χ0) is 21.1. The van der Waals surface area contributed by atoms with Crippen LogP contribution >= 0.6 is 11.6 Å². The Bertz CT molecular complexity index is 759. The number of halogens is 1. The van der Waals surface area contributed by atoms with Crippen LogP contribution in [0.15, 0.2) is 41.0 Å². The molecule has 0 spiro atoms. The van der Waals surface area contributed by atoms with Crippen molar-refractivity contribution in [3.05, 3.63) is 46.6 Å².